The van der Waals surface area contributed by atoms with E-state index in [0.29, 0.717) is 11.4 Å². The monoisotopic (exact) mass is 293 g/mol. The normalized spacial score (nSPS) is 23.8. The highest BCUT2D eigenvalue weighted by atomic mass is 32.2. The fourth-order valence-corrected chi connectivity index (χ4v) is 5.36. The second-order valence-corrected chi connectivity index (χ2v) is 7.85. The van der Waals surface area contributed by atoms with E-state index in [0.717, 1.165) is 44.9 Å². The number of aryl methyl sites for hydroxylation is 2. The molecule has 0 bridgehead atoms. The van der Waals surface area contributed by atoms with Crippen molar-refractivity contribution < 1.29 is 8.42 Å². The summed E-state index contributed by atoms with van der Waals surface area (Å²) in [5.74, 6) is 0. The zero-order valence-corrected chi connectivity index (χ0v) is 13.0. The molecule has 1 unspecified atom stereocenters. The quantitative estimate of drug-likeness (QED) is 0.858. The van der Waals surface area contributed by atoms with Gasteiger partial charge in [-0.3, -0.25) is 0 Å². The van der Waals surface area contributed by atoms with E-state index >= 15 is 0 Å². The maximum atomic E-state index is 12.9. The van der Waals surface area contributed by atoms with Crippen molar-refractivity contribution in [2.24, 2.45) is 0 Å². The summed E-state index contributed by atoms with van der Waals surface area (Å²) in [6.07, 6.45) is 7.31. The number of sulfonamides is 1. The van der Waals surface area contributed by atoms with Gasteiger partial charge < -0.3 is 0 Å². The molecule has 1 fully saturated rings. The first-order chi connectivity index (χ1) is 9.63. The third-order valence-corrected chi connectivity index (χ3v) is 6.67. The van der Waals surface area contributed by atoms with Gasteiger partial charge >= 0.3 is 0 Å². The highest BCUT2D eigenvalue weighted by molar-refractivity contribution is 7.89. The van der Waals surface area contributed by atoms with E-state index in [1.54, 1.807) is 10.4 Å². The van der Waals surface area contributed by atoms with Gasteiger partial charge in [0, 0.05) is 12.6 Å². The van der Waals surface area contributed by atoms with Crippen LogP contribution in [0, 0.1) is 0 Å². The van der Waals surface area contributed by atoms with Gasteiger partial charge in [-0.15, -0.1) is 0 Å². The van der Waals surface area contributed by atoms with Crippen LogP contribution in [-0.2, 0) is 22.9 Å². The van der Waals surface area contributed by atoms with Crippen molar-refractivity contribution in [3.05, 3.63) is 29.3 Å². The second-order valence-electron chi connectivity index (χ2n) is 5.96. The van der Waals surface area contributed by atoms with Gasteiger partial charge in [0.05, 0.1) is 4.90 Å². The van der Waals surface area contributed by atoms with Crippen molar-refractivity contribution in [2.75, 3.05) is 6.54 Å². The molecule has 1 heterocycles. The van der Waals surface area contributed by atoms with Gasteiger partial charge in [-0.05, 0) is 61.8 Å². The smallest absolute Gasteiger partial charge is 0.207 e. The average Bonchev–Trinajstić information content (AvgIpc) is 2.94. The molecule has 3 rings (SSSR count). The summed E-state index contributed by atoms with van der Waals surface area (Å²) < 4.78 is 27.5. The standard InChI is InChI=1S/C16H23NO2S/c1-2-15-8-3-4-11-17(15)20(18,19)16-10-9-13-6-5-7-14(13)12-16/h9-10,12,15H,2-8,11H2,1H3. The molecular weight excluding hydrogens is 270 g/mol. The zero-order valence-electron chi connectivity index (χ0n) is 12.1. The van der Waals surface area contributed by atoms with Gasteiger partial charge in [-0.2, -0.15) is 4.31 Å². The van der Waals surface area contributed by atoms with Crippen LogP contribution in [0.4, 0.5) is 0 Å². The lowest BCUT2D eigenvalue weighted by molar-refractivity contribution is 0.246. The molecule has 0 radical (unpaired) electrons. The number of piperidine rings is 1. The van der Waals surface area contributed by atoms with Crippen molar-refractivity contribution in [1.29, 1.82) is 0 Å². The van der Waals surface area contributed by atoms with Crippen molar-refractivity contribution >= 4 is 10.0 Å². The van der Waals surface area contributed by atoms with Crippen LogP contribution in [-0.4, -0.2) is 25.3 Å². The van der Waals surface area contributed by atoms with E-state index in [2.05, 4.69) is 6.92 Å². The first-order valence-corrected chi connectivity index (χ1v) is 9.20. The Kier molecular flexibility index (Phi) is 3.87. The summed E-state index contributed by atoms with van der Waals surface area (Å²) in [7, 11) is -3.31. The molecule has 1 aromatic carbocycles. The molecule has 4 heteroatoms. The Morgan fingerprint density at radius 2 is 1.95 bits per heavy atom. The fraction of sp³-hybridized carbons (Fsp3) is 0.625. The topological polar surface area (TPSA) is 37.4 Å². The van der Waals surface area contributed by atoms with E-state index in [1.165, 1.54) is 11.1 Å². The van der Waals surface area contributed by atoms with Gasteiger partial charge in [0.2, 0.25) is 10.0 Å². The number of fused-ring (bicyclic) bond motifs is 1. The van der Waals surface area contributed by atoms with E-state index in [9.17, 15) is 8.42 Å². The largest absolute Gasteiger partial charge is 0.243 e. The third-order valence-electron chi connectivity index (χ3n) is 4.72. The van der Waals surface area contributed by atoms with Crippen LogP contribution >= 0.6 is 0 Å². The van der Waals surface area contributed by atoms with E-state index in [4.69, 9.17) is 0 Å². The number of rotatable bonds is 3. The number of hydrogen-bond donors (Lipinski definition) is 0. The fourth-order valence-electron chi connectivity index (χ4n) is 3.54. The molecule has 0 amide bonds. The molecule has 1 aliphatic carbocycles. The predicted molar refractivity (Wildman–Crippen MR) is 80.3 cm³/mol. The molecule has 110 valence electrons. The minimum atomic E-state index is -3.31. The van der Waals surface area contributed by atoms with Gasteiger partial charge in [-0.25, -0.2) is 8.42 Å². The molecule has 3 nitrogen and oxygen atoms in total. The Morgan fingerprint density at radius 1 is 1.15 bits per heavy atom. The van der Waals surface area contributed by atoms with E-state index in [-0.39, 0.29) is 6.04 Å². The SMILES string of the molecule is CCC1CCCCN1S(=O)(=O)c1ccc2c(c1)CCC2. The van der Waals surface area contributed by atoms with Gasteiger partial charge in [0.1, 0.15) is 0 Å². The number of nitrogens with zero attached hydrogens (tertiary/aromatic N) is 1. The van der Waals surface area contributed by atoms with E-state index in [1.807, 2.05) is 12.1 Å². The Balaban J connectivity index is 1.94. The third kappa shape index (κ3) is 2.40. The Bertz CT molecular complexity index is 594. The molecule has 0 spiro atoms. The maximum Gasteiger partial charge on any atom is 0.243 e. The molecule has 1 aliphatic heterocycles. The van der Waals surface area contributed by atoms with Gasteiger partial charge in [-0.1, -0.05) is 19.4 Å². The van der Waals surface area contributed by atoms with Crippen LogP contribution in [0.3, 0.4) is 0 Å². The minimum absolute atomic E-state index is 0.182. The molecule has 1 atom stereocenters. The average molecular weight is 293 g/mol. The maximum absolute atomic E-state index is 12.9. The first kappa shape index (κ1) is 14.1. The van der Waals surface area contributed by atoms with Crippen LogP contribution in [0.25, 0.3) is 0 Å². The number of benzene rings is 1. The Hall–Kier alpha value is -0.870. The first-order valence-electron chi connectivity index (χ1n) is 7.76. The van der Waals surface area contributed by atoms with Crippen molar-refractivity contribution in [3.8, 4) is 0 Å². The summed E-state index contributed by atoms with van der Waals surface area (Å²) in [5, 5.41) is 0. The molecule has 1 aromatic rings. The van der Waals surface area contributed by atoms with Gasteiger partial charge in [0.15, 0.2) is 0 Å². The summed E-state index contributed by atoms with van der Waals surface area (Å²) >= 11 is 0. The Labute approximate surface area is 122 Å². The highest BCUT2D eigenvalue weighted by Crippen LogP contribution is 2.30. The van der Waals surface area contributed by atoms with Crippen molar-refractivity contribution in [2.45, 2.75) is 62.8 Å². The molecule has 0 N–H and O–H groups in total. The molecule has 20 heavy (non-hydrogen) atoms. The second kappa shape index (κ2) is 5.49. The van der Waals surface area contributed by atoms with Crippen LogP contribution < -0.4 is 0 Å². The van der Waals surface area contributed by atoms with E-state index < -0.39 is 10.0 Å². The van der Waals surface area contributed by atoms with Gasteiger partial charge in [0.25, 0.3) is 0 Å². The molecule has 0 saturated carbocycles. The molecule has 1 saturated heterocycles. The minimum Gasteiger partial charge on any atom is -0.207 e. The zero-order chi connectivity index (χ0) is 14.2. The van der Waals surface area contributed by atoms with Crippen molar-refractivity contribution in [1.82, 2.24) is 4.31 Å². The van der Waals surface area contributed by atoms with Crippen LogP contribution in [0.15, 0.2) is 23.1 Å². The van der Waals surface area contributed by atoms with Crippen LogP contribution in [0.5, 0.6) is 0 Å². The summed E-state index contributed by atoms with van der Waals surface area (Å²) in [6.45, 7) is 2.76. The highest BCUT2D eigenvalue weighted by Gasteiger charge is 2.32. The summed E-state index contributed by atoms with van der Waals surface area (Å²) in [6, 6.07) is 5.92. The predicted octanol–water partition coefficient (Wildman–Crippen LogP) is 3.13. The molecular formula is C16H23NO2S. The number of hydrogen-bond acceptors (Lipinski definition) is 2. The van der Waals surface area contributed by atoms with Crippen LogP contribution in [0.1, 0.15) is 50.2 Å². The lowest BCUT2D eigenvalue weighted by atomic mass is 10.0. The summed E-state index contributed by atoms with van der Waals surface area (Å²) in [5.41, 5.74) is 2.56. The lowest BCUT2D eigenvalue weighted by Crippen LogP contribution is -2.43. The summed E-state index contributed by atoms with van der Waals surface area (Å²) in [4.78, 5) is 0.499. The van der Waals surface area contributed by atoms with Crippen molar-refractivity contribution in [3.63, 3.8) is 0 Å². The van der Waals surface area contributed by atoms with Crippen LogP contribution in [0.2, 0.25) is 0 Å². The Morgan fingerprint density at radius 3 is 2.75 bits per heavy atom. The lowest BCUT2D eigenvalue weighted by Gasteiger charge is -2.34. The molecule has 0 aromatic heterocycles. The molecule has 2 aliphatic rings.